The van der Waals surface area contributed by atoms with Gasteiger partial charge in [-0.25, -0.2) is 0 Å². The third kappa shape index (κ3) is 3.96. The van der Waals surface area contributed by atoms with E-state index in [2.05, 4.69) is 20.9 Å². The van der Waals surface area contributed by atoms with Crippen LogP contribution in [0.4, 0.5) is 0 Å². The highest BCUT2D eigenvalue weighted by molar-refractivity contribution is 9.10. The van der Waals surface area contributed by atoms with Crippen LogP contribution in [-0.2, 0) is 17.7 Å². The van der Waals surface area contributed by atoms with Crippen LogP contribution in [0.5, 0.6) is 5.75 Å². The number of H-pyrrole nitrogens is 1. The van der Waals surface area contributed by atoms with E-state index in [0.29, 0.717) is 48.1 Å². The fraction of sp³-hybridized carbons (Fsp3) is 0.429. The van der Waals surface area contributed by atoms with Gasteiger partial charge in [0.25, 0.3) is 11.5 Å². The fourth-order valence-electron chi connectivity index (χ4n) is 3.91. The highest BCUT2D eigenvalue weighted by Gasteiger charge is 2.32. The van der Waals surface area contributed by atoms with Gasteiger partial charge in [-0.3, -0.25) is 9.59 Å². The molecule has 1 unspecified atom stereocenters. The van der Waals surface area contributed by atoms with E-state index in [1.165, 1.54) is 0 Å². The molecule has 1 aromatic heterocycles. The van der Waals surface area contributed by atoms with Crippen LogP contribution in [0.1, 0.15) is 39.2 Å². The minimum atomic E-state index is -0.190. The zero-order valence-electron chi connectivity index (χ0n) is 16.3. The fourth-order valence-corrected chi connectivity index (χ4v) is 4.80. The molecule has 154 valence electrons. The van der Waals surface area contributed by atoms with Crippen molar-refractivity contribution in [3.63, 3.8) is 0 Å². The number of ether oxygens (including phenoxy) is 2. The third-order valence-electron chi connectivity index (χ3n) is 5.44. The van der Waals surface area contributed by atoms with E-state index >= 15 is 0 Å². The van der Waals surface area contributed by atoms with Crippen molar-refractivity contribution in [1.82, 2.24) is 9.88 Å². The Balaban J connectivity index is 1.66. The van der Waals surface area contributed by atoms with Gasteiger partial charge in [-0.05, 0) is 43.5 Å². The molecule has 0 bridgehead atoms. The van der Waals surface area contributed by atoms with Gasteiger partial charge in [-0.2, -0.15) is 0 Å². The quantitative estimate of drug-likeness (QED) is 0.721. The van der Waals surface area contributed by atoms with Gasteiger partial charge < -0.3 is 19.4 Å². The Morgan fingerprint density at radius 2 is 2.14 bits per heavy atom. The van der Waals surface area contributed by atoms with Crippen LogP contribution >= 0.6 is 27.5 Å². The molecule has 2 aliphatic rings. The van der Waals surface area contributed by atoms with Crippen LogP contribution in [-0.4, -0.2) is 41.7 Å². The number of fused-ring (bicyclic) bond motifs is 1. The maximum atomic E-state index is 13.3. The first-order chi connectivity index (χ1) is 13.8. The number of aromatic nitrogens is 1. The average molecular weight is 482 g/mol. The number of carbonyl (C=O) groups is 1. The first-order valence-electron chi connectivity index (χ1n) is 9.59. The van der Waals surface area contributed by atoms with Crippen molar-refractivity contribution in [2.75, 3.05) is 19.8 Å². The predicted octanol–water partition coefficient (Wildman–Crippen LogP) is 3.77. The summed E-state index contributed by atoms with van der Waals surface area (Å²) in [6.45, 7) is 5.67. The van der Waals surface area contributed by atoms with Gasteiger partial charge in [-0.15, -0.1) is 0 Å². The van der Waals surface area contributed by atoms with E-state index < -0.39 is 0 Å². The zero-order chi connectivity index (χ0) is 20.7. The first-order valence-corrected chi connectivity index (χ1v) is 10.8. The van der Waals surface area contributed by atoms with E-state index in [1.54, 1.807) is 4.90 Å². The molecule has 1 atom stereocenters. The monoisotopic (exact) mass is 480 g/mol. The molecule has 4 rings (SSSR count). The molecule has 2 aromatic rings. The Labute approximate surface area is 182 Å². The maximum Gasteiger partial charge on any atom is 0.256 e. The average Bonchev–Trinajstić information content (AvgIpc) is 3.16. The van der Waals surface area contributed by atoms with Crippen LogP contribution in [0.2, 0.25) is 5.02 Å². The lowest BCUT2D eigenvalue weighted by atomic mass is 9.97. The van der Waals surface area contributed by atoms with Crippen LogP contribution < -0.4 is 10.3 Å². The smallest absolute Gasteiger partial charge is 0.256 e. The third-order valence-corrected chi connectivity index (χ3v) is 6.52. The van der Waals surface area contributed by atoms with Crippen molar-refractivity contribution < 1.29 is 14.3 Å². The van der Waals surface area contributed by atoms with E-state index in [9.17, 15) is 9.59 Å². The Bertz CT molecular complexity index is 1030. The summed E-state index contributed by atoms with van der Waals surface area (Å²) >= 11 is 10.2. The summed E-state index contributed by atoms with van der Waals surface area (Å²) in [5.41, 5.74) is 3.43. The second kappa shape index (κ2) is 8.13. The molecule has 1 fully saturated rings. The van der Waals surface area contributed by atoms with Crippen molar-refractivity contribution in [3.8, 4) is 5.75 Å². The number of aromatic amines is 1. The van der Waals surface area contributed by atoms with Crippen molar-refractivity contribution in [1.29, 1.82) is 0 Å². The van der Waals surface area contributed by atoms with Gasteiger partial charge >= 0.3 is 0 Å². The number of benzene rings is 1. The van der Waals surface area contributed by atoms with Crippen LogP contribution in [0.3, 0.4) is 0 Å². The topological polar surface area (TPSA) is 71.6 Å². The standard InChI is InChI=1S/C21H22BrClN2O4/c1-11-7-12(2)24-20(26)15(11)9-25-5-3-14-16(22)8-17(19(23)18(14)21(25)27)29-13-4-6-28-10-13/h7-8,13H,3-6,9-10H2,1-2H3,(H,24,26). The molecule has 6 nitrogen and oxygen atoms in total. The van der Waals surface area contributed by atoms with Gasteiger partial charge in [0.05, 0.1) is 30.3 Å². The van der Waals surface area contributed by atoms with Crippen molar-refractivity contribution in [2.24, 2.45) is 0 Å². The van der Waals surface area contributed by atoms with Gasteiger partial charge in [0.1, 0.15) is 11.9 Å². The number of hydrogen-bond donors (Lipinski definition) is 1. The van der Waals surface area contributed by atoms with Crippen molar-refractivity contribution in [2.45, 2.75) is 39.3 Å². The first kappa shape index (κ1) is 20.4. The molecule has 1 saturated heterocycles. The van der Waals surface area contributed by atoms with E-state index in [-0.39, 0.29) is 24.1 Å². The number of rotatable bonds is 4. The summed E-state index contributed by atoms with van der Waals surface area (Å²) in [5, 5.41) is 0.319. The lowest BCUT2D eigenvalue weighted by Gasteiger charge is -2.31. The molecule has 0 spiro atoms. The van der Waals surface area contributed by atoms with Crippen molar-refractivity contribution in [3.05, 3.63) is 59.9 Å². The summed E-state index contributed by atoms with van der Waals surface area (Å²) in [6.07, 6.45) is 1.37. The zero-order valence-corrected chi connectivity index (χ0v) is 18.7. The van der Waals surface area contributed by atoms with Gasteiger partial charge in [0.2, 0.25) is 0 Å². The second-order valence-electron chi connectivity index (χ2n) is 7.55. The van der Waals surface area contributed by atoms with Crippen LogP contribution in [0.15, 0.2) is 21.4 Å². The molecule has 0 radical (unpaired) electrons. The maximum absolute atomic E-state index is 13.3. The normalized spacial score (nSPS) is 18.8. The van der Waals surface area contributed by atoms with Gasteiger partial charge in [-0.1, -0.05) is 27.5 Å². The Morgan fingerprint density at radius 1 is 1.34 bits per heavy atom. The predicted molar refractivity (Wildman–Crippen MR) is 114 cm³/mol. The van der Waals surface area contributed by atoms with E-state index in [4.69, 9.17) is 21.1 Å². The summed E-state index contributed by atoms with van der Waals surface area (Å²) in [6, 6.07) is 3.75. The largest absolute Gasteiger partial charge is 0.486 e. The summed E-state index contributed by atoms with van der Waals surface area (Å²) < 4.78 is 12.2. The highest BCUT2D eigenvalue weighted by Crippen LogP contribution is 2.40. The number of halogens is 2. The minimum Gasteiger partial charge on any atom is -0.486 e. The van der Waals surface area contributed by atoms with Gasteiger partial charge in [0, 0.05) is 28.7 Å². The highest BCUT2D eigenvalue weighted by atomic mass is 79.9. The van der Waals surface area contributed by atoms with Gasteiger partial charge in [0.15, 0.2) is 0 Å². The van der Waals surface area contributed by atoms with Crippen LogP contribution in [0, 0.1) is 13.8 Å². The lowest BCUT2D eigenvalue weighted by molar-refractivity contribution is 0.0725. The second-order valence-corrected chi connectivity index (χ2v) is 8.78. The number of amides is 1. The Morgan fingerprint density at radius 3 is 2.83 bits per heavy atom. The number of nitrogens with one attached hydrogen (secondary N) is 1. The van der Waals surface area contributed by atoms with Crippen LogP contribution in [0.25, 0.3) is 0 Å². The molecule has 29 heavy (non-hydrogen) atoms. The molecule has 8 heteroatoms. The van der Waals surface area contributed by atoms with Crippen molar-refractivity contribution >= 4 is 33.4 Å². The molecule has 3 heterocycles. The Hall–Kier alpha value is -1.83. The molecule has 0 aliphatic carbocycles. The van der Waals surface area contributed by atoms with E-state index in [0.717, 1.165) is 27.7 Å². The number of pyridine rings is 1. The molecule has 2 aliphatic heterocycles. The summed E-state index contributed by atoms with van der Waals surface area (Å²) in [7, 11) is 0. The number of aryl methyl sites for hydroxylation is 2. The summed E-state index contributed by atoms with van der Waals surface area (Å²) in [4.78, 5) is 30.2. The molecule has 1 aromatic carbocycles. The molecular formula is C21H22BrClN2O4. The SMILES string of the molecule is Cc1cc(C)c(CN2CCc3c(Br)cc(OC4CCOC4)c(Cl)c3C2=O)c(=O)[nH]1. The Kier molecular flexibility index (Phi) is 5.73. The minimum absolute atomic E-state index is 0.0685. The molecule has 1 N–H and O–H groups in total. The molecule has 1 amide bonds. The molecule has 0 saturated carbocycles. The number of hydrogen-bond acceptors (Lipinski definition) is 4. The number of nitrogens with zero attached hydrogens (tertiary/aromatic N) is 1. The molecular weight excluding hydrogens is 460 g/mol. The summed E-state index contributed by atoms with van der Waals surface area (Å²) in [5.74, 6) is 0.289. The van der Waals surface area contributed by atoms with E-state index in [1.807, 2.05) is 26.0 Å². The number of carbonyl (C=O) groups excluding carboxylic acids is 1. The lowest BCUT2D eigenvalue weighted by Crippen LogP contribution is -2.39.